The highest BCUT2D eigenvalue weighted by atomic mass is 16.4. The van der Waals surface area contributed by atoms with Crippen LogP contribution in [0.25, 0.3) is 0 Å². The van der Waals surface area contributed by atoms with Crippen LogP contribution in [0.2, 0.25) is 0 Å². The van der Waals surface area contributed by atoms with E-state index >= 15 is 0 Å². The fraction of sp³-hybridized carbons (Fsp3) is 0.455. The topological polar surface area (TPSA) is 73.7 Å². The van der Waals surface area contributed by atoms with Crippen LogP contribution in [0, 0.1) is 0 Å². The molecule has 0 aliphatic carbocycles. The predicted octanol–water partition coefficient (Wildman–Crippen LogP) is 0.741. The predicted molar refractivity (Wildman–Crippen MR) is 58.7 cm³/mol. The maximum Gasteiger partial charge on any atom is 0.337 e. The van der Waals surface area contributed by atoms with Gasteiger partial charge in [0.1, 0.15) is 5.82 Å². The Kier molecular flexibility index (Phi) is 3.05. The first-order valence-corrected chi connectivity index (χ1v) is 5.29. The fourth-order valence-corrected chi connectivity index (χ4v) is 2.01. The molecular formula is C11H14N2O3. The van der Waals surface area contributed by atoms with Gasteiger partial charge in [-0.1, -0.05) is 0 Å². The van der Waals surface area contributed by atoms with Gasteiger partial charge in [-0.05, 0) is 25.0 Å². The van der Waals surface area contributed by atoms with Gasteiger partial charge >= 0.3 is 5.97 Å². The fourth-order valence-electron chi connectivity index (χ4n) is 2.01. The summed E-state index contributed by atoms with van der Waals surface area (Å²) in [6, 6.07) is 3.35. The Hall–Kier alpha value is -1.62. The van der Waals surface area contributed by atoms with Crippen molar-refractivity contribution >= 4 is 11.8 Å². The summed E-state index contributed by atoms with van der Waals surface area (Å²) in [5, 5.41) is 17.9. The lowest BCUT2D eigenvalue weighted by atomic mass is 10.2. The second kappa shape index (κ2) is 4.49. The van der Waals surface area contributed by atoms with Crippen molar-refractivity contribution in [3.05, 3.63) is 23.9 Å². The number of carbonyl (C=O) groups is 1. The third-order valence-electron chi connectivity index (χ3n) is 2.88. The molecule has 1 aliphatic rings. The molecule has 2 N–H and O–H groups in total. The molecule has 0 spiro atoms. The summed E-state index contributed by atoms with van der Waals surface area (Å²) in [5.74, 6) is -0.235. The zero-order chi connectivity index (χ0) is 11.5. The van der Waals surface area contributed by atoms with E-state index in [1.807, 2.05) is 4.90 Å². The van der Waals surface area contributed by atoms with Crippen LogP contribution in [0.1, 0.15) is 23.2 Å². The zero-order valence-corrected chi connectivity index (χ0v) is 8.83. The van der Waals surface area contributed by atoms with Crippen LogP contribution >= 0.6 is 0 Å². The number of rotatable bonds is 3. The van der Waals surface area contributed by atoms with Gasteiger partial charge in [0, 0.05) is 12.7 Å². The quantitative estimate of drug-likeness (QED) is 0.789. The first-order chi connectivity index (χ1) is 7.72. The van der Waals surface area contributed by atoms with Crippen LogP contribution in [-0.4, -0.2) is 40.4 Å². The number of nitrogens with zero attached hydrogens (tertiary/aromatic N) is 2. The van der Waals surface area contributed by atoms with Crippen molar-refractivity contribution in [3.63, 3.8) is 0 Å². The number of aromatic carboxylic acids is 1. The van der Waals surface area contributed by atoms with Gasteiger partial charge in [-0.25, -0.2) is 9.78 Å². The van der Waals surface area contributed by atoms with Crippen molar-refractivity contribution in [2.24, 2.45) is 0 Å². The molecule has 0 radical (unpaired) electrons. The smallest absolute Gasteiger partial charge is 0.337 e. The number of aromatic nitrogens is 1. The maximum atomic E-state index is 10.7. The maximum absolute atomic E-state index is 10.7. The van der Waals surface area contributed by atoms with Crippen LogP contribution < -0.4 is 4.90 Å². The molecule has 1 aromatic rings. The molecule has 16 heavy (non-hydrogen) atoms. The summed E-state index contributed by atoms with van der Waals surface area (Å²) in [7, 11) is 0. The molecule has 5 heteroatoms. The van der Waals surface area contributed by atoms with Gasteiger partial charge in [-0.15, -0.1) is 0 Å². The number of carboxylic acid groups (broad SMARTS) is 1. The van der Waals surface area contributed by atoms with E-state index in [4.69, 9.17) is 5.11 Å². The number of anilines is 1. The van der Waals surface area contributed by atoms with Gasteiger partial charge in [-0.2, -0.15) is 0 Å². The average Bonchev–Trinajstić information content (AvgIpc) is 2.77. The standard InChI is InChI=1S/C11H14N2O3/c14-7-9-2-1-5-13(9)10-4-3-8(6-12-10)11(15)16/h3-4,6,9,14H,1-2,5,7H2,(H,15,16)/t9-/m1/s1. The second-order valence-corrected chi connectivity index (χ2v) is 3.88. The molecular weight excluding hydrogens is 208 g/mol. The molecule has 0 amide bonds. The number of pyridine rings is 1. The Morgan fingerprint density at radius 3 is 2.94 bits per heavy atom. The van der Waals surface area contributed by atoms with E-state index in [1.165, 1.54) is 12.3 Å². The number of hydrogen-bond donors (Lipinski definition) is 2. The minimum Gasteiger partial charge on any atom is -0.478 e. The summed E-state index contributed by atoms with van der Waals surface area (Å²) in [6.07, 6.45) is 3.34. The largest absolute Gasteiger partial charge is 0.478 e. The van der Waals surface area contributed by atoms with E-state index in [9.17, 15) is 9.90 Å². The summed E-state index contributed by atoms with van der Waals surface area (Å²) < 4.78 is 0. The van der Waals surface area contributed by atoms with Crippen molar-refractivity contribution < 1.29 is 15.0 Å². The SMILES string of the molecule is O=C(O)c1ccc(N2CCC[C@@H]2CO)nc1. The minimum absolute atomic E-state index is 0.113. The highest BCUT2D eigenvalue weighted by Crippen LogP contribution is 2.23. The number of carboxylic acids is 1. The van der Waals surface area contributed by atoms with Gasteiger partial charge in [0.2, 0.25) is 0 Å². The highest BCUT2D eigenvalue weighted by Gasteiger charge is 2.24. The summed E-state index contributed by atoms with van der Waals surface area (Å²) >= 11 is 0. The molecule has 1 aromatic heterocycles. The van der Waals surface area contributed by atoms with Gasteiger partial charge in [-0.3, -0.25) is 0 Å². The zero-order valence-electron chi connectivity index (χ0n) is 8.83. The van der Waals surface area contributed by atoms with E-state index in [1.54, 1.807) is 6.07 Å². The normalized spacial score (nSPS) is 20.1. The van der Waals surface area contributed by atoms with E-state index < -0.39 is 5.97 Å². The molecule has 0 bridgehead atoms. The van der Waals surface area contributed by atoms with Crippen molar-refractivity contribution in [1.82, 2.24) is 4.98 Å². The third kappa shape index (κ3) is 1.99. The molecule has 1 aliphatic heterocycles. The van der Waals surface area contributed by atoms with Crippen molar-refractivity contribution in [2.45, 2.75) is 18.9 Å². The molecule has 2 heterocycles. The summed E-state index contributed by atoms with van der Waals surface area (Å²) in [4.78, 5) is 16.8. The van der Waals surface area contributed by atoms with Crippen molar-refractivity contribution in [2.75, 3.05) is 18.1 Å². The molecule has 0 aromatic carbocycles. The molecule has 1 atom stereocenters. The van der Waals surface area contributed by atoms with E-state index in [-0.39, 0.29) is 18.2 Å². The Morgan fingerprint density at radius 2 is 2.38 bits per heavy atom. The first kappa shape index (κ1) is 10.9. The molecule has 1 fully saturated rings. The summed E-state index contributed by atoms with van der Waals surface area (Å²) in [6.45, 7) is 0.979. The van der Waals surface area contributed by atoms with E-state index in [0.717, 1.165) is 25.2 Å². The van der Waals surface area contributed by atoms with Gasteiger partial charge in [0.15, 0.2) is 0 Å². The van der Waals surface area contributed by atoms with E-state index in [2.05, 4.69) is 4.98 Å². The van der Waals surface area contributed by atoms with Crippen LogP contribution in [-0.2, 0) is 0 Å². The van der Waals surface area contributed by atoms with Crippen LogP contribution in [0.3, 0.4) is 0 Å². The highest BCUT2D eigenvalue weighted by molar-refractivity contribution is 5.87. The molecule has 5 nitrogen and oxygen atoms in total. The Bertz CT molecular complexity index is 377. The monoisotopic (exact) mass is 222 g/mol. The van der Waals surface area contributed by atoms with Gasteiger partial charge in [0.25, 0.3) is 0 Å². The average molecular weight is 222 g/mol. The lowest BCUT2D eigenvalue weighted by molar-refractivity contribution is 0.0696. The Morgan fingerprint density at radius 1 is 1.56 bits per heavy atom. The lowest BCUT2D eigenvalue weighted by Gasteiger charge is -2.23. The third-order valence-corrected chi connectivity index (χ3v) is 2.88. The summed E-state index contributed by atoms with van der Waals surface area (Å²) in [5.41, 5.74) is 0.184. The lowest BCUT2D eigenvalue weighted by Crippen LogP contribution is -2.32. The Labute approximate surface area is 93.3 Å². The van der Waals surface area contributed by atoms with Gasteiger partial charge < -0.3 is 15.1 Å². The van der Waals surface area contributed by atoms with Gasteiger partial charge in [0.05, 0.1) is 18.2 Å². The molecule has 2 rings (SSSR count). The molecule has 0 saturated carbocycles. The van der Waals surface area contributed by atoms with Crippen LogP contribution in [0.5, 0.6) is 0 Å². The number of aliphatic hydroxyl groups is 1. The Balaban J connectivity index is 2.18. The minimum atomic E-state index is -0.973. The number of hydrogen-bond acceptors (Lipinski definition) is 4. The molecule has 0 unspecified atom stereocenters. The van der Waals surface area contributed by atoms with Crippen LogP contribution in [0.4, 0.5) is 5.82 Å². The first-order valence-electron chi connectivity index (χ1n) is 5.29. The van der Waals surface area contributed by atoms with E-state index in [0.29, 0.717) is 0 Å². The number of aliphatic hydroxyl groups excluding tert-OH is 1. The van der Waals surface area contributed by atoms with Crippen LogP contribution in [0.15, 0.2) is 18.3 Å². The van der Waals surface area contributed by atoms with Crippen molar-refractivity contribution in [1.29, 1.82) is 0 Å². The second-order valence-electron chi connectivity index (χ2n) is 3.88. The molecule has 1 saturated heterocycles. The van der Waals surface area contributed by atoms with Crippen molar-refractivity contribution in [3.8, 4) is 0 Å². The molecule has 86 valence electrons.